The maximum Gasteiger partial charge on any atom is 3.00 e. The zero-order valence-electron chi connectivity index (χ0n) is 4.97. The molecule has 1 radical (unpaired) electrons. The van der Waals surface area contributed by atoms with E-state index in [0.717, 1.165) is 6.42 Å². The summed E-state index contributed by atoms with van der Waals surface area (Å²) in [6, 6.07) is 0. The van der Waals surface area contributed by atoms with Crippen LogP contribution in [0, 0.1) is 6.08 Å². The molecule has 0 saturated heterocycles. The van der Waals surface area contributed by atoms with Gasteiger partial charge >= 0.3 is 19.5 Å². The van der Waals surface area contributed by atoms with Crippen LogP contribution < -0.4 is 34.0 Å². The summed E-state index contributed by atoms with van der Waals surface area (Å²) < 4.78 is 0. The van der Waals surface area contributed by atoms with Crippen LogP contribution in [0.4, 0.5) is 0 Å². The molecule has 0 nitrogen and oxygen atoms in total. The van der Waals surface area contributed by atoms with Gasteiger partial charge in [-0.05, 0) is 0 Å². The van der Waals surface area contributed by atoms with Gasteiger partial charge in [0, 0.05) is 0 Å². The Hall–Kier alpha value is 1.06. The second-order valence-electron chi connectivity index (χ2n) is 1.47. The van der Waals surface area contributed by atoms with Crippen molar-refractivity contribution >= 4 is 0 Å². The average Bonchev–Trinajstić information content (AvgIpc) is 1.86. The summed E-state index contributed by atoms with van der Waals surface area (Å²) in [5.41, 5.74) is 1.27. The van der Waals surface area contributed by atoms with Crippen LogP contribution in [0.3, 0.4) is 0 Å². The number of halogens is 2. The SMILES string of the molecule is CC1=[C-]CC=C1.[Br-].[Br-].[Ru+3]. The van der Waals surface area contributed by atoms with Gasteiger partial charge in [-0.25, -0.2) is 11.6 Å². The van der Waals surface area contributed by atoms with Crippen molar-refractivity contribution in [1.82, 2.24) is 0 Å². The van der Waals surface area contributed by atoms with Crippen LogP contribution in [0.2, 0.25) is 0 Å². The first-order valence-electron chi connectivity index (χ1n) is 2.13. The summed E-state index contributed by atoms with van der Waals surface area (Å²) in [7, 11) is 0. The third-order valence-corrected chi connectivity index (χ3v) is 0.867. The van der Waals surface area contributed by atoms with E-state index in [1.807, 2.05) is 0 Å². The van der Waals surface area contributed by atoms with E-state index in [1.165, 1.54) is 5.57 Å². The van der Waals surface area contributed by atoms with E-state index < -0.39 is 0 Å². The second-order valence-corrected chi connectivity index (χ2v) is 1.47. The van der Waals surface area contributed by atoms with Gasteiger partial charge in [0.2, 0.25) is 0 Å². The van der Waals surface area contributed by atoms with E-state index in [9.17, 15) is 0 Å². The molecule has 3 heteroatoms. The van der Waals surface area contributed by atoms with Gasteiger partial charge in [0.05, 0.1) is 0 Å². The van der Waals surface area contributed by atoms with Gasteiger partial charge in [-0.1, -0.05) is 6.92 Å². The van der Waals surface area contributed by atoms with Gasteiger partial charge in [-0.2, -0.15) is 6.08 Å². The fourth-order valence-electron chi connectivity index (χ4n) is 0.515. The molecule has 0 saturated carbocycles. The summed E-state index contributed by atoms with van der Waals surface area (Å²) in [5, 5.41) is 0. The third kappa shape index (κ3) is 6.95. The second kappa shape index (κ2) is 9.06. The van der Waals surface area contributed by atoms with Gasteiger partial charge in [0.25, 0.3) is 0 Å². The van der Waals surface area contributed by atoms with Crippen LogP contribution in [0.25, 0.3) is 0 Å². The standard InChI is InChI=1S/C6H7.2BrH.Ru/c1-6-4-2-3-5-6;;;/h2,4H,3H2,1H3;2*1H;/q-1;;;+3/p-2. The molecule has 1 aliphatic rings. The molecule has 0 heterocycles. The normalized spacial score (nSPS) is 12.3. The van der Waals surface area contributed by atoms with E-state index in [-0.39, 0.29) is 53.4 Å². The fourth-order valence-corrected chi connectivity index (χ4v) is 0.515. The molecular weight excluding hydrogens is 333 g/mol. The Bertz CT molecular complexity index is 105. The van der Waals surface area contributed by atoms with Crippen molar-refractivity contribution in [2.75, 3.05) is 0 Å². The Kier molecular flexibility index (Phi) is 16.7. The molecule has 1 aliphatic carbocycles. The molecule has 0 atom stereocenters. The molecule has 9 heavy (non-hydrogen) atoms. The topological polar surface area (TPSA) is 0 Å². The summed E-state index contributed by atoms with van der Waals surface area (Å²) in [6.45, 7) is 2.06. The van der Waals surface area contributed by atoms with Crippen molar-refractivity contribution in [1.29, 1.82) is 0 Å². The molecule has 0 N–H and O–H groups in total. The summed E-state index contributed by atoms with van der Waals surface area (Å²) in [5.74, 6) is 0. The Morgan fingerprint density at radius 3 is 2.11 bits per heavy atom. The Balaban J connectivity index is -0.000000120. The minimum atomic E-state index is 0. The third-order valence-electron chi connectivity index (χ3n) is 0.867. The first-order chi connectivity index (χ1) is 2.89. The Morgan fingerprint density at radius 1 is 1.44 bits per heavy atom. The van der Waals surface area contributed by atoms with Crippen molar-refractivity contribution in [3.05, 3.63) is 23.8 Å². The van der Waals surface area contributed by atoms with Crippen molar-refractivity contribution in [3.63, 3.8) is 0 Å². The van der Waals surface area contributed by atoms with E-state index in [4.69, 9.17) is 0 Å². The quantitative estimate of drug-likeness (QED) is 0.309. The van der Waals surface area contributed by atoms with Gasteiger partial charge in [-0.3, -0.25) is 6.08 Å². The number of allylic oxidation sites excluding steroid dienone is 4. The first kappa shape index (κ1) is 16.6. The first-order valence-corrected chi connectivity index (χ1v) is 2.13. The molecule has 0 amide bonds. The predicted molar refractivity (Wildman–Crippen MR) is 26.2 cm³/mol. The van der Waals surface area contributed by atoms with Crippen LogP contribution in [0.5, 0.6) is 0 Å². The van der Waals surface area contributed by atoms with E-state index >= 15 is 0 Å². The van der Waals surface area contributed by atoms with E-state index in [2.05, 4.69) is 25.2 Å². The maximum atomic E-state index is 3.12. The van der Waals surface area contributed by atoms with Gasteiger partial charge in [0.1, 0.15) is 0 Å². The number of hydrogen-bond donors (Lipinski definition) is 0. The smallest absolute Gasteiger partial charge is 1.00 e. The van der Waals surface area contributed by atoms with Gasteiger partial charge < -0.3 is 34.0 Å². The van der Waals surface area contributed by atoms with Crippen LogP contribution >= 0.6 is 0 Å². The maximum absolute atomic E-state index is 3.12. The Labute approximate surface area is 90.1 Å². The molecule has 0 aromatic heterocycles. The van der Waals surface area contributed by atoms with Crippen molar-refractivity contribution < 1.29 is 53.4 Å². The summed E-state index contributed by atoms with van der Waals surface area (Å²) in [6.07, 6.45) is 8.33. The van der Waals surface area contributed by atoms with Crippen LogP contribution in [0.15, 0.2) is 17.7 Å². The molecule has 0 fully saturated rings. The fraction of sp³-hybridized carbons (Fsp3) is 0.333. The molecule has 0 spiro atoms. The van der Waals surface area contributed by atoms with Crippen LogP contribution in [-0.2, 0) is 19.5 Å². The molecule has 53 valence electrons. The molecular formula is C6H7Br2Ru. The van der Waals surface area contributed by atoms with Crippen molar-refractivity contribution in [2.45, 2.75) is 13.3 Å². The van der Waals surface area contributed by atoms with Gasteiger partial charge in [-0.15, -0.1) is 6.42 Å². The molecule has 0 bridgehead atoms. The average molecular weight is 340 g/mol. The Morgan fingerprint density at radius 2 is 2.00 bits per heavy atom. The summed E-state index contributed by atoms with van der Waals surface area (Å²) >= 11 is 0. The van der Waals surface area contributed by atoms with Crippen molar-refractivity contribution in [3.8, 4) is 0 Å². The zero-order chi connectivity index (χ0) is 4.41. The molecule has 1 rings (SSSR count). The van der Waals surface area contributed by atoms with E-state index in [1.54, 1.807) is 0 Å². The van der Waals surface area contributed by atoms with E-state index in [0.29, 0.717) is 0 Å². The number of hydrogen-bond acceptors (Lipinski definition) is 0. The molecule has 0 aromatic carbocycles. The minimum Gasteiger partial charge on any atom is -1.00 e. The predicted octanol–water partition coefficient (Wildman–Crippen LogP) is -4.30. The number of rotatable bonds is 0. The van der Waals surface area contributed by atoms with Crippen molar-refractivity contribution in [2.24, 2.45) is 0 Å². The van der Waals surface area contributed by atoms with Gasteiger partial charge in [0.15, 0.2) is 0 Å². The minimum absolute atomic E-state index is 0. The van der Waals surface area contributed by atoms with Crippen LogP contribution in [-0.4, -0.2) is 0 Å². The van der Waals surface area contributed by atoms with Crippen LogP contribution in [0.1, 0.15) is 13.3 Å². The molecule has 0 unspecified atom stereocenters. The monoisotopic (exact) mass is 339 g/mol. The summed E-state index contributed by atoms with van der Waals surface area (Å²) in [4.78, 5) is 0. The largest absolute Gasteiger partial charge is 3.00 e. The zero-order valence-corrected chi connectivity index (χ0v) is 9.88. The molecule has 0 aliphatic heterocycles. The molecule has 0 aromatic rings.